The molecule has 1 unspecified atom stereocenters. The van der Waals surface area contributed by atoms with Crippen LogP contribution in [0.15, 0.2) is 45.7 Å². The van der Waals surface area contributed by atoms with Gasteiger partial charge in [-0.3, -0.25) is 4.79 Å². The largest absolute Gasteiger partial charge is 0.493 e. The summed E-state index contributed by atoms with van der Waals surface area (Å²) in [6.45, 7) is 5.11. The Bertz CT molecular complexity index is 1330. The van der Waals surface area contributed by atoms with E-state index in [1.165, 1.54) is 18.2 Å². The van der Waals surface area contributed by atoms with E-state index in [9.17, 15) is 27.9 Å². The van der Waals surface area contributed by atoms with Gasteiger partial charge in [0.15, 0.2) is 5.78 Å². The van der Waals surface area contributed by atoms with Crippen molar-refractivity contribution in [2.24, 2.45) is 0 Å². The highest BCUT2D eigenvalue weighted by Gasteiger charge is 2.60. The van der Waals surface area contributed by atoms with E-state index in [1.54, 1.807) is 32.9 Å². The van der Waals surface area contributed by atoms with Gasteiger partial charge in [-0.05, 0) is 35.6 Å². The van der Waals surface area contributed by atoms with Gasteiger partial charge in [-0.1, -0.05) is 43.3 Å². The molecule has 4 rings (SSSR count). The number of halogens is 3. The Morgan fingerprint density at radius 1 is 1.15 bits per heavy atom. The Morgan fingerprint density at radius 3 is 2.59 bits per heavy atom. The van der Waals surface area contributed by atoms with Crippen molar-refractivity contribution in [3.05, 3.63) is 69.2 Å². The second-order valence-corrected chi connectivity index (χ2v) is 9.35. The van der Waals surface area contributed by atoms with E-state index in [1.807, 2.05) is 6.07 Å². The molecule has 9 heteroatoms. The zero-order chi connectivity index (χ0) is 24.9. The number of ketones is 1. The first kappa shape index (κ1) is 23.9. The molecule has 0 bridgehead atoms. The van der Waals surface area contributed by atoms with Crippen LogP contribution in [0, 0.1) is 6.92 Å². The van der Waals surface area contributed by atoms with Gasteiger partial charge in [0.25, 0.3) is 0 Å². The van der Waals surface area contributed by atoms with E-state index in [2.05, 4.69) is 9.68 Å². The second-order valence-electron chi connectivity index (χ2n) is 9.35. The van der Waals surface area contributed by atoms with Crippen LogP contribution < -0.4 is 10.4 Å². The number of alkyl halides is 3. The molecule has 0 saturated carbocycles. The van der Waals surface area contributed by atoms with Gasteiger partial charge >= 0.3 is 11.8 Å². The number of fused-ring (bicyclic) bond motifs is 2. The zero-order valence-electron chi connectivity index (χ0n) is 19.0. The highest BCUT2D eigenvalue weighted by molar-refractivity contribution is 5.91. The minimum absolute atomic E-state index is 0.203. The third kappa shape index (κ3) is 4.09. The van der Waals surface area contributed by atoms with E-state index in [4.69, 9.17) is 4.74 Å². The highest BCUT2D eigenvalue weighted by Crippen LogP contribution is 2.46. The number of rotatable bonds is 6. The molecule has 180 valence electrons. The molecule has 2 aromatic carbocycles. The number of aliphatic hydroxyl groups is 1. The van der Waals surface area contributed by atoms with Gasteiger partial charge in [0.05, 0.1) is 17.7 Å². The number of para-hydroxylation sites is 1. The average Bonchev–Trinajstić information content (AvgIpc) is 3.24. The SMILES string of the molecule is Cc1noc(=O)c2ccc(CC(=O)C(O)(CC(C)(C)c3cccc4c3OCC4)C(F)(F)F)cc12. The maximum atomic E-state index is 14.2. The van der Waals surface area contributed by atoms with Crippen molar-refractivity contribution in [3.63, 3.8) is 0 Å². The first-order chi connectivity index (χ1) is 15.8. The van der Waals surface area contributed by atoms with Gasteiger partial charge in [0.1, 0.15) is 5.75 Å². The van der Waals surface area contributed by atoms with E-state index in [-0.39, 0.29) is 10.9 Å². The summed E-state index contributed by atoms with van der Waals surface area (Å²) in [4.78, 5) is 24.8. The smallest absolute Gasteiger partial charge is 0.424 e. The molecular weight excluding hydrogens is 451 g/mol. The zero-order valence-corrected chi connectivity index (χ0v) is 19.0. The molecule has 6 nitrogen and oxygen atoms in total. The van der Waals surface area contributed by atoms with E-state index < -0.39 is 41.4 Å². The van der Waals surface area contributed by atoms with Gasteiger partial charge < -0.3 is 14.4 Å². The molecule has 1 aliphatic heterocycles. The van der Waals surface area contributed by atoms with Crippen LogP contribution in [0.4, 0.5) is 13.2 Å². The molecule has 0 amide bonds. The number of hydrogen-bond donors (Lipinski definition) is 1. The van der Waals surface area contributed by atoms with E-state index >= 15 is 0 Å². The molecule has 1 N–H and O–H groups in total. The van der Waals surface area contributed by atoms with Gasteiger partial charge in [0, 0.05) is 30.2 Å². The van der Waals surface area contributed by atoms with Crippen molar-refractivity contribution in [2.45, 2.75) is 57.2 Å². The number of ether oxygens (including phenoxy) is 1. The summed E-state index contributed by atoms with van der Waals surface area (Å²) in [5.41, 5.74) is -3.53. The Labute approximate surface area is 193 Å². The second kappa shape index (κ2) is 8.23. The summed E-state index contributed by atoms with van der Waals surface area (Å²) in [5, 5.41) is 15.0. The molecule has 0 spiro atoms. The number of aryl methyl sites for hydroxylation is 1. The van der Waals surface area contributed by atoms with E-state index in [0.717, 1.165) is 5.56 Å². The number of Topliss-reactive ketones (excluding diaryl/α,β-unsaturated/α-hetero) is 1. The Hall–Kier alpha value is -3.20. The lowest BCUT2D eigenvalue weighted by Gasteiger charge is -2.37. The molecule has 1 aromatic heterocycles. The van der Waals surface area contributed by atoms with Crippen LogP contribution in [0.2, 0.25) is 0 Å². The summed E-state index contributed by atoms with van der Waals surface area (Å²) < 4.78 is 52.8. The van der Waals surface area contributed by atoms with Crippen molar-refractivity contribution < 1.29 is 32.3 Å². The van der Waals surface area contributed by atoms with Crippen LogP contribution in [0.3, 0.4) is 0 Å². The third-order valence-corrected chi connectivity index (χ3v) is 6.40. The lowest BCUT2D eigenvalue weighted by Crippen LogP contribution is -2.55. The fraction of sp³-hybridized carbons (Fsp3) is 0.400. The third-order valence-electron chi connectivity index (χ3n) is 6.40. The molecule has 0 saturated heterocycles. The fourth-order valence-corrected chi connectivity index (χ4v) is 4.56. The van der Waals surface area contributed by atoms with Crippen LogP contribution in [0.5, 0.6) is 5.75 Å². The lowest BCUT2D eigenvalue weighted by atomic mass is 9.72. The van der Waals surface area contributed by atoms with Gasteiger partial charge in [-0.15, -0.1) is 0 Å². The van der Waals surface area contributed by atoms with Crippen LogP contribution in [-0.4, -0.2) is 34.4 Å². The molecule has 0 radical (unpaired) electrons. The average molecular weight is 475 g/mol. The maximum Gasteiger partial charge on any atom is 0.424 e. The number of carbonyl (C=O) groups excluding carboxylic acids is 1. The van der Waals surface area contributed by atoms with Crippen LogP contribution in [0.1, 0.15) is 42.7 Å². The van der Waals surface area contributed by atoms with E-state index in [0.29, 0.717) is 35.4 Å². The lowest BCUT2D eigenvalue weighted by molar-refractivity contribution is -0.256. The monoisotopic (exact) mass is 475 g/mol. The number of hydrogen-bond acceptors (Lipinski definition) is 6. The molecule has 2 heterocycles. The standard InChI is InChI=1S/C25H24F3NO5/c1-14-18-11-15(7-8-17(18)22(31)34-29-14)12-20(30)24(32,25(26,27)28)13-23(2,3)19-6-4-5-16-9-10-33-21(16)19/h4-8,11,32H,9-10,12-13H2,1-3H3. The molecule has 1 atom stereocenters. The number of carbonyl (C=O) groups is 1. The minimum atomic E-state index is -5.20. The fourth-order valence-electron chi connectivity index (χ4n) is 4.56. The maximum absolute atomic E-state index is 14.2. The van der Waals surface area contributed by atoms with Crippen molar-refractivity contribution in [2.75, 3.05) is 6.61 Å². The highest BCUT2D eigenvalue weighted by atomic mass is 19.4. The Kier molecular flexibility index (Phi) is 5.80. The van der Waals surface area contributed by atoms with Crippen molar-refractivity contribution >= 4 is 16.6 Å². The van der Waals surface area contributed by atoms with Crippen LogP contribution in [0.25, 0.3) is 10.8 Å². The van der Waals surface area contributed by atoms with Gasteiger partial charge in [-0.25, -0.2) is 4.79 Å². The normalized spacial score (nSPS) is 15.6. The minimum Gasteiger partial charge on any atom is -0.493 e. The Balaban J connectivity index is 1.68. The summed E-state index contributed by atoms with van der Waals surface area (Å²) in [7, 11) is 0. The van der Waals surface area contributed by atoms with Gasteiger partial charge in [-0.2, -0.15) is 13.2 Å². The van der Waals surface area contributed by atoms with Crippen LogP contribution in [-0.2, 0) is 23.1 Å². The summed E-state index contributed by atoms with van der Waals surface area (Å²) in [6.07, 6.45) is -6.10. The van der Waals surface area contributed by atoms with Crippen molar-refractivity contribution in [1.29, 1.82) is 0 Å². The first-order valence-electron chi connectivity index (χ1n) is 10.8. The van der Waals surface area contributed by atoms with Crippen LogP contribution >= 0.6 is 0 Å². The number of benzene rings is 2. The number of nitrogens with zero attached hydrogens (tertiary/aromatic N) is 1. The predicted octanol–water partition coefficient (Wildman–Crippen LogP) is 4.20. The topological polar surface area (TPSA) is 89.6 Å². The first-order valence-corrected chi connectivity index (χ1v) is 10.8. The Morgan fingerprint density at radius 2 is 1.88 bits per heavy atom. The summed E-state index contributed by atoms with van der Waals surface area (Å²) >= 11 is 0. The molecule has 3 aromatic rings. The molecule has 1 aliphatic rings. The summed E-state index contributed by atoms with van der Waals surface area (Å²) in [6, 6.07) is 9.42. The molecular formula is C25H24F3NO5. The van der Waals surface area contributed by atoms with Crippen molar-refractivity contribution in [1.82, 2.24) is 5.16 Å². The van der Waals surface area contributed by atoms with Crippen molar-refractivity contribution in [3.8, 4) is 5.75 Å². The molecule has 34 heavy (non-hydrogen) atoms. The predicted molar refractivity (Wildman–Crippen MR) is 118 cm³/mol. The summed E-state index contributed by atoms with van der Waals surface area (Å²) in [5.74, 6) is -0.865. The quantitative estimate of drug-likeness (QED) is 0.575. The molecule has 0 aliphatic carbocycles. The number of aromatic nitrogens is 1. The molecule has 0 fully saturated rings. The van der Waals surface area contributed by atoms with Gasteiger partial charge in [0.2, 0.25) is 5.60 Å².